The second kappa shape index (κ2) is 10.2. The lowest BCUT2D eigenvalue weighted by Gasteiger charge is -2.14. The molecule has 0 fully saturated rings. The molecule has 1 atom stereocenters. The van der Waals surface area contributed by atoms with Gasteiger partial charge < -0.3 is 10.1 Å². The number of hydrogen-bond acceptors (Lipinski definition) is 6. The zero-order valence-corrected chi connectivity index (χ0v) is 18.4. The van der Waals surface area contributed by atoms with Crippen molar-refractivity contribution in [1.82, 2.24) is 20.2 Å². The number of ether oxygens (including phenoxy) is 1. The highest BCUT2D eigenvalue weighted by Gasteiger charge is 2.16. The summed E-state index contributed by atoms with van der Waals surface area (Å²) in [6.45, 7) is 4.06. The molecule has 0 saturated heterocycles. The molecular weight excluding hydrogens is 416 g/mol. The van der Waals surface area contributed by atoms with E-state index in [0.29, 0.717) is 28.4 Å². The summed E-state index contributed by atoms with van der Waals surface area (Å²) in [5.74, 6) is -0.576. The highest BCUT2D eigenvalue weighted by atomic mass is 32.2. The molecule has 0 saturated carbocycles. The molecule has 1 unspecified atom stereocenters. The second-order valence-electron chi connectivity index (χ2n) is 7.05. The zero-order chi connectivity index (χ0) is 22.4. The molecule has 0 aliphatic rings. The number of benzene rings is 2. The van der Waals surface area contributed by atoms with Crippen LogP contribution in [0.3, 0.4) is 0 Å². The number of para-hydroxylation sites is 1. The summed E-state index contributed by atoms with van der Waals surface area (Å²) in [5.41, 5.74) is 2.05. The summed E-state index contributed by atoms with van der Waals surface area (Å²) in [4.78, 5) is 41.9. The van der Waals surface area contributed by atoms with Gasteiger partial charge in [0.2, 0.25) is 5.91 Å². The third-order valence-corrected chi connectivity index (χ3v) is 5.36. The first-order valence-corrected chi connectivity index (χ1v) is 10.7. The summed E-state index contributed by atoms with van der Waals surface area (Å²) >= 11 is 1.09. The van der Waals surface area contributed by atoms with Crippen LogP contribution in [-0.4, -0.2) is 47.0 Å². The Kier molecular flexibility index (Phi) is 7.43. The number of amides is 3. The number of urea groups is 1. The van der Waals surface area contributed by atoms with Gasteiger partial charge in [0.1, 0.15) is 0 Å². The molecule has 0 spiro atoms. The van der Waals surface area contributed by atoms with Crippen LogP contribution in [0.5, 0.6) is 0 Å². The van der Waals surface area contributed by atoms with Gasteiger partial charge in [0.25, 0.3) is 5.56 Å². The van der Waals surface area contributed by atoms with E-state index in [2.05, 4.69) is 15.6 Å². The van der Waals surface area contributed by atoms with Crippen LogP contribution in [0.25, 0.3) is 16.6 Å². The molecule has 1 heterocycles. The standard InChI is InChI=1S/C22H24N4O4S/c1-14-8-10-16(11-9-14)26-20(28)17-6-4-5-7-18(17)24-22(26)31-13-19(27)25-21(29)23-15(2)12-30-3/h4-11,15H,12-13H2,1-3H3,(H2,23,25,27,29). The molecule has 0 aliphatic carbocycles. The van der Waals surface area contributed by atoms with Crippen LogP contribution < -0.4 is 16.2 Å². The predicted octanol–water partition coefficient (Wildman–Crippen LogP) is 2.65. The Morgan fingerprint density at radius 1 is 1.16 bits per heavy atom. The molecule has 2 N–H and O–H groups in total. The van der Waals surface area contributed by atoms with Gasteiger partial charge in [-0.15, -0.1) is 0 Å². The van der Waals surface area contributed by atoms with Crippen molar-refractivity contribution in [3.63, 3.8) is 0 Å². The molecule has 2 aromatic carbocycles. The zero-order valence-electron chi connectivity index (χ0n) is 17.5. The lowest BCUT2D eigenvalue weighted by Crippen LogP contribution is -2.45. The number of rotatable bonds is 7. The van der Waals surface area contributed by atoms with Gasteiger partial charge in [0, 0.05) is 7.11 Å². The van der Waals surface area contributed by atoms with E-state index in [1.807, 2.05) is 31.2 Å². The second-order valence-corrected chi connectivity index (χ2v) is 8.00. The van der Waals surface area contributed by atoms with Crippen LogP contribution in [0.4, 0.5) is 4.79 Å². The summed E-state index contributed by atoms with van der Waals surface area (Å²) in [5, 5.41) is 5.75. The van der Waals surface area contributed by atoms with Crippen molar-refractivity contribution in [3.8, 4) is 5.69 Å². The van der Waals surface area contributed by atoms with Gasteiger partial charge in [0.05, 0.1) is 35.0 Å². The smallest absolute Gasteiger partial charge is 0.321 e. The van der Waals surface area contributed by atoms with Gasteiger partial charge >= 0.3 is 6.03 Å². The fraction of sp³-hybridized carbons (Fsp3) is 0.273. The topological polar surface area (TPSA) is 102 Å². The number of aryl methyl sites for hydroxylation is 1. The van der Waals surface area contributed by atoms with E-state index in [0.717, 1.165) is 17.3 Å². The van der Waals surface area contributed by atoms with Crippen molar-refractivity contribution in [3.05, 3.63) is 64.4 Å². The number of methoxy groups -OCH3 is 1. The minimum Gasteiger partial charge on any atom is -0.383 e. The minimum absolute atomic E-state index is 0.0806. The normalized spacial score (nSPS) is 11.8. The number of nitrogens with one attached hydrogen (secondary N) is 2. The molecule has 0 aliphatic heterocycles. The van der Waals surface area contributed by atoms with Crippen LogP contribution in [0.2, 0.25) is 0 Å². The van der Waals surface area contributed by atoms with Crippen LogP contribution in [0.1, 0.15) is 12.5 Å². The number of carbonyl (C=O) groups excluding carboxylic acids is 2. The number of imide groups is 1. The predicted molar refractivity (Wildman–Crippen MR) is 121 cm³/mol. The van der Waals surface area contributed by atoms with E-state index in [4.69, 9.17) is 4.74 Å². The summed E-state index contributed by atoms with van der Waals surface area (Å²) in [7, 11) is 1.53. The first-order valence-electron chi connectivity index (χ1n) is 9.70. The van der Waals surface area contributed by atoms with Crippen molar-refractivity contribution >= 4 is 34.6 Å². The fourth-order valence-corrected chi connectivity index (χ4v) is 3.79. The van der Waals surface area contributed by atoms with E-state index < -0.39 is 11.9 Å². The average Bonchev–Trinajstić information content (AvgIpc) is 2.73. The number of aromatic nitrogens is 2. The lowest BCUT2D eigenvalue weighted by atomic mass is 10.2. The van der Waals surface area contributed by atoms with Gasteiger partial charge in [-0.05, 0) is 38.1 Å². The van der Waals surface area contributed by atoms with Crippen LogP contribution in [0, 0.1) is 6.92 Å². The van der Waals surface area contributed by atoms with Gasteiger partial charge in [-0.3, -0.25) is 19.5 Å². The van der Waals surface area contributed by atoms with E-state index in [1.165, 1.54) is 11.7 Å². The van der Waals surface area contributed by atoms with Crippen LogP contribution in [0.15, 0.2) is 58.5 Å². The molecule has 3 rings (SSSR count). The minimum atomic E-state index is -0.599. The Morgan fingerprint density at radius 3 is 2.58 bits per heavy atom. The Hall–Kier alpha value is -3.17. The first kappa shape index (κ1) is 22.5. The highest BCUT2D eigenvalue weighted by molar-refractivity contribution is 7.99. The van der Waals surface area contributed by atoms with E-state index >= 15 is 0 Å². The van der Waals surface area contributed by atoms with Gasteiger partial charge in [-0.1, -0.05) is 41.6 Å². The Labute approximate surface area is 184 Å². The van der Waals surface area contributed by atoms with Crippen molar-refractivity contribution in [2.24, 2.45) is 0 Å². The summed E-state index contributed by atoms with van der Waals surface area (Å²) < 4.78 is 6.44. The molecule has 3 aromatic rings. The molecule has 8 nitrogen and oxygen atoms in total. The molecule has 9 heteroatoms. The maximum Gasteiger partial charge on any atom is 0.321 e. The lowest BCUT2D eigenvalue weighted by molar-refractivity contribution is -0.117. The maximum atomic E-state index is 13.2. The highest BCUT2D eigenvalue weighted by Crippen LogP contribution is 2.21. The van der Waals surface area contributed by atoms with Gasteiger partial charge in [-0.25, -0.2) is 9.78 Å². The van der Waals surface area contributed by atoms with Gasteiger partial charge in [-0.2, -0.15) is 0 Å². The molecule has 31 heavy (non-hydrogen) atoms. The van der Waals surface area contributed by atoms with E-state index in [-0.39, 0.29) is 17.4 Å². The Balaban J connectivity index is 1.83. The van der Waals surface area contributed by atoms with Crippen molar-refractivity contribution in [2.45, 2.75) is 25.0 Å². The quantitative estimate of drug-likeness (QED) is 0.433. The van der Waals surface area contributed by atoms with Crippen molar-refractivity contribution in [2.75, 3.05) is 19.5 Å². The molecule has 1 aromatic heterocycles. The monoisotopic (exact) mass is 440 g/mol. The fourth-order valence-electron chi connectivity index (χ4n) is 2.98. The third kappa shape index (κ3) is 5.71. The van der Waals surface area contributed by atoms with Crippen molar-refractivity contribution < 1.29 is 14.3 Å². The Morgan fingerprint density at radius 2 is 1.87 bits per heavy atom. The van der Waals surface area contributed by atoms with E-state index in [1.54, 1.807) is 31.2 Å². The summed E-state index contributed by atoms with van der Waals surface area (Å²) in [6.07, 6.45) is 0. The molecular formula is C22H24N4O4S. The van der Waals surface area contributed by atoms with Crippen LogP contribution in [-0.2, 0) is 9.53 Å². The Bertz CT molecular complexity index is 1140. The number of hydrogen-bond donors (Lipinski definition) is 2. The summed E-state index contributed by atoms with van der Waals surface area (Å²) in [6, 6.07) is 13.7. The number of carbonyl (C=O) groups is 2. The number of fused-ring (bicyclic) bond motifs is 1. The van der Waals surface area contributed by atoms with Crippen LogP contribution >= 0.6 is 11.8 Å². The first-order chi connectivity index (χ1) is 14.9. The third-order valence-electron chi connectivity index (χ3n) is 4.42. The molecule has 0 radical (unpaired) electrons. The maximum absolute atomic E-state index is 13.2. The molecule has 0 bridgehead atoms. The van der Waals surface area contributed by atoms with Gasteiger partial charge in [0.15, 0.2) is 5.16 Å². The number of nitrogens with zero attached hydrogens (tertiary/aromatic N) is 2. The van der Waals surface area contributed by atoms with E-state index in [9.17, 15) is 14.4 Å². The molecule has 162 valence electrons. The SMILES string of the molecule is COCC(C)NC(=O)NC(=O)CSc1nc2ccccc2c(=O)n1-c1ccc(C)cc1. The largest absolute Gasteiger partial charge is 0.383 e. The van der Waals surface area contributed by atoms with Crippen molar-refractivity contribution in [1.29, 1.82) is 0 Å². The molecule has 3 amide bonds. The number of thioether (sulfide) groups is 1. The average molecular weight is 441 g/mol.